The van der Waals surface area contributed by atoms with Crippen LogP contribution < -0.4 is 5.32 Å². The topological polar surface area (TPSA) is 62.5 Å². The number of hydrogen-bond donors (Lipinski definition) is 2. The Bertz CT molecular complexity index is 912. The first kappa shape index (κ1) is 13.2. The fraction of sp³-hybridized carbons (Fsp3) is 0.125. The van der Waals surface area contributed by atoms with Crippen LogP contribution in [-0.4, -0.2) is 32.9 Å². The van der Waals surface area contributed by atoms with Crippen molar-refractivity contribution in [3.8, 4) is 11.3 Å². The third-order valence-electron chi connectivity index (χ3n) is 3.48. The molecule has 0 aliphatic heterocycles. The lowest BCUT2D eigenvalue weighted by Gasteiger charge is -2.00. The lowest BCUT2D eigenvalue weighted by Crippen LogP contribution is -2.05. The minimum atomic E-state index is 0.0875. The number of nitrogens with zero attached hydrogens (tertiary/aromatic N) is 3. The molecule has 2 aromatic heterocycles. The van der Waals surface area contributed by atoms with Gasteiger partial charge in [0.1, 0.15) is 0 Å². The van der Waals surface area contributed by atoms with E-state index in [9.17, 15) is 0 Å². The van der Waals surface area contributed by atoms with Gasteiger partial charge >= 0.3 is 0 Å². The normalized spacial score (nSPS) is 11.3. The standard InChI is InChI=1S/C16H14N4OS/c21-8-7-17-15-19-20-10-14(18-16(20)22-15)13-6-5-11-3-1-2-4-12(11)9-13/h1-6,9-10,21H,7-8H2,(H,17,19). The molecular weight excluding hydrogens is 296 g/mol. The molecule has 0 atom stereocenters. The second-order valence-corrected chi connectivity index (χ2v) is 5.93. The Hall–Kier alpha value is -2.44. The van der Waals surface area contributed by atoms with E-state index in [1.807, 2.05) is 18.3 Å². The van der Waals surface area contributed by atoms with Crippen LogP contribution in [0.15, 0.2) is 48.7 Å². The number of hydrogen-bond acceptors (Lipinski definition) is 5. The minimum absolute atomic E-state index is 0.0875. The van der Waals surface area contributed by atoms with Crippen LogP contribution in [0.1, 0.15) is 0 Å². The number of aromatic nitrogens is 3. The molecule has 4 aromatic rings. The van der Waals surface area contributed by atoms with Crippen LogP contribution in [0.5, 0.6) is 0 Å². The summed E-state index contributed by atoms with van der Waals surface area (Å²) in [5, 5.41) is 19.5. The van der Waals surface area contributed by atoms with Crippen molar-refractivity contribution in [2.75, 3.05) is 18.5 Å². The van der Waals surface area contributed by atoms with Gasteiger partial charge < -0.3 is 10.4 Å². The molecular formula is C16H14N4OS. The maximum Gasteiger partial charge on any atom is 0.214 e. The number of aliphatic hydroxyl groups is 1. The maximum absolute atomic E-state index is 8.82. The smallest absolute Gasteiger partial charge is 0.214 e. The molecule has 0 saturated carbocycles. The van der Waals surface area contributed by atoms with Gasteiger partial charge in [-0.2, -0.15) is 0 Å². The van der Waals surface area contributed by atoms with Crippen LogP contribution in [-0.2, 0) is 0 Å². The van der Waals surface area contributed by atoms with Gasteiger partial charge in [0, 0.05) is 12.1 Å². The SMILES string of the molecule is OCCNc1nn2cc(-c3ccc4ccccc4c3)nc2s1. The molecule has 0 spiro atoms. The van der Waals surface area contributed by atoms with Crippen molar-refractivity contribution in [2.24, 2.45) is 0 Å². The van der Waals surface area contributed by atoms with E-state index in [0.717, 1.165) is 21.3 Å². The van der Waals surface area contributed by atoms with E-state index in [0.29, 0.717) is 6.54 Å². The Kier molecular flexibility index (Phi) is 3.25. The zero-order valence-corrected chi connectivity index (χ0v) is 12.5. The first-order valence-electron chi connectivity index (χ1n) is 7.03. The van der Waals surface area contributed by atoms with Crippen LogP contribution in [0.3, 0.4) is 0 Å². The van der Waals surface area contributed by atoms with Crippen molar-refractivity contribution >= 4 is 32.2 Å². The van der Waals surface area contributed by atoms with Gasteiger partial charge in [-0.25, -0.2) is 9.50 Å². The second-order valence-electron chi connectivity index (χ2n) is 4.97. The molecule has 0 amide bonds. The van der Waals surface area contributed by atoms with Crippen LogP contribution in [0.4, 0.5) is 5.13 Å². The summed E-state index contributed by atoms with van der Waals surface area (Å²) >= 11 is 1.47. The van der Waals surface area contributed by atoms with Crippen LogP contribution >= 0.6 is 11.3 Å². The van der Waals surface area contributed by atoms with Gasteiger partial charge in [0.05, 0.1) is 18.5 Å². The Morgan fingerprint density at radius 2 is 2.00 bits per heavy atom. The molecule has 5 nitrogen and oxygen atoms in total. The maximum atomic E-state index is 8.82. The third kappa shape index (κ3) is 2.32. The Balaban J connectivity index is 1.71. The quantitative estimate of drug-likeness (QED) is 0.608. The first-order valence-corrected chi connectivity index (χ1v) is 7.85. The zero-order valence-electron chi connectivity index (χ0n) is 11.7. The van der Waals surface area contributed by atoms with E-state index in [1.165, 1.54) is 22.1 Å². The van der Waals surface area contributed by atoms with E-state index in [-0.39, 0.29) is 6.61 Å². The summed E-state index contributed by atoms with van der Waals surface area (Å²) in [7, 11) is 0. The number of benzene rings is 2. The summed E-state index contributed by atoms with van der Waals surface area (Å²) in [6, 6.07) is 14.6. The molecule has 0 fully saturated rings. The van der Waals surface area contributed by atoms with Gasteiger partial charge in [0.25, 0.3) is 0 Å². The highest BCUT2D eigenvalue weighted by Gasteiger charge is 2.09. The molecule has 0 bridgehead atoms. The van der Waals surface area contributed by atoms with Crippen LogP contribution in [0, 0.1) is 0 Å². The molecule has 22 heavy (non-hydrogen) atoms. The van der Waals surface area contributed by atoms with E-state index in [4.69, 9.17) is 5.11 Å². The van der Waals surface area contributed by atoms with Gasteiger partial charge in [0.15, 0.2) is 0 Å². The van der Waals surface area contributed by atoms with Crippen molar-refractivity contribution < 1.29 is 5.11 Å². The molecule has 0 radical (unpaired) electrons. The van der Waals surface area contributed by atoms with Crippen molar-refractivity contribution in [2.45, 2.75) is 0 Å². The molecule has 2 N–H and O–H groups in total. The van der Waals surface area contributed by atoms with Gasteiger partial charge in [-0.3, -0.25) is 0 Å². The first-order chi connectivity index (χ1) is 10.8. The van der Waals surface area contributed by atoms with Gasteiger partial charge in [-0.05, 0) is 16.8 Å². The van der Waals surface area contributed by atoms with E-state index in [2.05, 4.69) is 45.7 Å². The monoisotopic (exact) mass is 310 g/mol. The van der Waals surface area contributed by atoms with Crippen LogP contribution in [0.2, 0.25) is 0 Å². The predicted molar refractivity (Wildman–Crippen MR) is 89.4 cm³/mol. The molecule has 110 valence electrons. The summed E-state index contributed by atoms with van der Waals surface area (Å²) in [5.41, 5.74) is 2.00. The van der Waals surface area contributed by atoms with Crippen molar-refractivity contribution in [3.63, 3.8) is 0 Å². The Morgan fingerprint density at radius 1 is 1.14 bits per heavy atom. The molecule has 6 heteroatoms. The Labute approximate surface area is 130 Å². The summed E-state index contributed by atoms with van der Waals surface area (Å²) in [6.45, 7) is 0.582. The third-order valence-corrected chi connectivity index (χ3v) is 4.36. The van der Waals surface area contributed by atoms with Gasteiger partial charge in [-0.1, -0.05) is 47.7 Å². The van der Waals surface area contributed by atoms with Crippen molar-refractivity contribution in [1.82, 2.24) is 14.6 Å². The Morgan fingerprint density at radius 3 is 2.82 bits per heavy atom. The van der Waals surface area contributed by atoms with Gasteiger partial charge in [-0.15, -0.1) is 5.10 Å². The highest BCUT2D eigenvalue weighted by molar-refractivity contribution is 7.20. The van der Waals surface area contributed by atoms with Gasteiger partial charge in [0.2, 0.25) is 10.1 Å². The fourth-order valence-corrected chi connectivity index (χ4v) is 3.23. The number of nitrogens with one attached hydrogen (secondary N) is 1. The average Bonchev–Trinajstić information content (AvgIpc) is 3.11. The summed E-state index contributed by atoms with van der Waals surface area (Å²) in [4.78, 5) is 5.47. The highest BCUT2D eigenvalue weighted by atomic mass is 32.1. The average molecular weight is 310 g/mol. The molecule has 0 aliphatic rings. The number of rotatable bonds is 4. The predicted octanol–water partition coefficient (Wildman–Crippen LogP) is 3.02. The lowest BCUT2D eigenvalue weighted by molar-refractivity contribution is 0.311. The van der Waals surface area contributed by atoms with E-state index in [1.54, 1.807) is 4.52 Å². The highest BCUT2D eigenvalue weighted by Crippen LogP contribution is 2.26. The molecule has 2 aromatic carbocycles. The van der Waals surface area contributed by atoms with Crippen molar-refractivity contribution in [3.05, 3.63) is 48.7 Å². The number of imidazole rings is 1. The van der Waals surface area contributed by atoms with E-state index < -0.39 is 0 Å². The summed E-state index contributed by atoms with van der Waals surface area (Å²) in [5.74, 6) is 0. The fourth-order valence-electron chi connectivity index (χ4n) is 2.42. The molecule has 0 saturated heterocycles. The number of aliphatic hydroxyl groups excluding tert-OH is 1. The summed E-state index contributed by atoms with van der Waals surface area (Å²) in [6.07, 6.45) is 1.93. The largest absolute Gasteiger partial charge is 0.395 e. The second kappa shape index (κ2) is 5.40. The number of anilines is 1. The molecule has 4 rings (SSSR count). The molecule has 0 aliphatic carbocycles. The minimum Gasteiger partial charge on any atom is -0.395 e. The molecule has 2 heterocycles. The lowest BCUT2D eigenvalue weighted by atomic mass is 10.1. The molecule has 0 unspecified atom stereocenters. The van der Waals surface area contributed by atoms with Crippen LogP contribution in [0.25, 0.3) is 27.0 Å². The van der Waals surface area contributed by atoms with Crippen molar-refractivity contribution in [1.29, 1.82) is 0 Å². The summed E-state index contributed by atoms with van der Waals surface area (Å²) < 4.78 is 1.77. The number of fused-ring (bicyclic) bond motifs is 2. The zero-order chi connectivity index (χ0) is 14.9. The van der Waals surface area contributed by atoms with E-state index >= 15 is 0 Å².